The SMILES string of the molecule is O=[N+]([O-])c1ccc(CC(Cl)c2ncccn2)cc1. The molecule has 0 aliphatic rings. The van der Waals surface area contributed by atoms with Crippen LogP contribution in [0.25, 0.3) is 0 Å². The van der Waals surface area contributed by atoms with Gasteiger partial charge < -0.3 is 0 Å². The third-order valence-electron chi connectivity index (χ3n) is 2.43. The highest BCUT2D eigenvalue weighted by molar-refractivity contribution is 6.20. The fourth-order valence-electron chi connectivity index (χ4n) is 1.52. The smallest absolute Gasteiger partial charge is 0.258 e. The highest BCUT2D eigenvalue weighted by Gasteiger charge is 2.12. The van der Waals surface area contributed by atoms with E-state index in [0.29, 0.717) is 12.2 Å². The van der Waals surface area contributed by atoms with Gasteiger partial charge >= 0.3 is 0 Å². The van der Waals surface area contributed by atoms with Crippen LogP contribution < -0.4 is 0 Å². The molecule has 0 amide bonds. The molecule has 1 heterocycles. The Hall–Kier alpha value is -2.01. The van der Waals surface area contributed by atoms with Crippen LogP contribution in [0.2, 0.25) is 0 Å². The predicted molar refractivity (Wildman–Crippen MR) is 67.4 cm³/mol. The second-order valence-electron chi connectivity index (χ2n) is 3.70. The molecule has 92 valence electrons. The molecule has 1 aromatic carbocycles. The highest BCUT2D eigenvalue weighted by atomic mass is 35.5. The molecule has 6 heteroatoms. The lowest BCUT2D eigenvalue weighted by molar-refractivity contribution is -0.384. The zero-order valence-corrected chi connectivity index (χ0v) is 10.1. The van der Waals surface area contributed by atoms with Gasteiger partial charge in [0.15, 0.2) is 0 Å². The Kier molecular flexibility index (Phi) is 3.84. The summed E-state index contributed by atoms with van der Waals surface area (Å²) in [5.41, 5.74) is 0.980. The highest BCUT2D eigenvalue weighted by Crippen LogP contribution is 2.22. The molecule has 2 rings (SSSR count). The molecule has 0 aliphatic heterocycles. The lowest BCUT2D eigenvalue weighted by Crippen LogP contribution is -2.01. The van der Waals surface area contributed by atoms with Crippen LogP contribution in [0.15, 0.2) is 42.7 Å². The van der Waals surface area contributed by atoms with Gasteiger partial charge in [0.25, 0.3) is 5.69 Å². The predicted octanol–water partition coefficient (Wildman–Crippen LogP) is 2.91. The number of aromatic nitrogens is 2. The van der Waals surface area contributed by atoms with E-state index in [0.717, 1.165) is 5.56 Å². The number of nitrogens with zero attached hydrogens (tertiary/aromatic N) is 3. The third-order valence-corrected chi connectivity index (χ3v) is 2.78. The van der Waals surface area contributed by atoms with Gasteiger partial charge in [-0.25, -0.2) is 9.97 Å². The molecule has 5 nitrogen and oxygen atoms in total. The van der Waals surface area contributed by atoms with Crippen molar-refractivity contribution < 1.29 is 4.92 Å². The van der Waals surface area contributed by atoms with Crippen molar-refractivity contribution >= 4 is 17.3 Å². The molecule has 0 aliphatic carbocycles. The Morgan fingerprint density at radius 1 is 1.22 bits per heavy atom. The Labute approximate surface area is 109 Å². The molecule has 0 bridgehead atoms. The maximum atomic E-state index is 10.5. The molecule has 1 atom stereocenters. The van der Waals surface area contributed by atoms with Crippen LogP contribution in [0.5, 0.6) is 0 Å². The summed E-state index contributed by atoms with van der Waals surface area (Å²) in [6.45, 7) is 0. The summed E-state index contributed by atoms with van der Waals surface area (Å²) in [7, 11) is 0. The number of alkyl halides is 1. The van der Waals surface area contributed by atoms with E-state index < -0.39 is 4.92 Å². The maximum absolute atomic E-state index is 10.5. The molecule has 0 N–H and O–H groups in total. The van der Waals surface area contributed by atoms with Crippen molar-refractivity contribution in [3.8, 4) is 0 Å². The van der Waals surface area contributed by atoms with Crippen molar-refractivity contribution in [3.63, 3.8) is 0 Å². The van der Waals surface area contributed by atoms with Crippen LogP contribution in [0.1, 0.15) is 16.8 Å². The number of nitro groups is 1. The summed E-state index contributed by atoms with van der Waals surface area (Å²) in [4.78, 5) is 18.2. The zero-order valence-electron chi connectivity index (χ0n) is 9.36. The van der Waals surface area contributed by atoms with E-state index in [-0.39, 0.29) is 11.1 Å². The van der Waals surface area contributed by atoms with Crippen LogP contribution in [-0.4, -0.2) is 14.9 Å². The van der Waals surface area contributed by atoms with Gasteiger partial charge in [0, 0.05) is 24.5 Å². The van der Waals surface area contributed by atoms with Crippen molar-refractivity contribution in [2.45, 2.75) is 11.8 Å². The molecule has 0 fully saturated rings. The number of rotatable bonds is 4. The van der Waals surface area contributed by atoms with E-state index in [2.05, 4.69) is 9.97 Å². The standard InChI is InChI=1S/C12H10ClN3O2/c13-11(12-14-6-1-7-15-12)8-9-2-4-10(5-3-9)16(17)18/h1-7,11H,8H2. The van der Waals surface area contributed by atoms with Crippen LogP contribution in [-0.2, 0) is 6.42 Å². The second-order valence-corrected chi connectivity index (χ2v) is 4.23. The van der Waals surface area contributed by atoms with Crippen LogP contribution in [0.3, 0.4) is 0 Å². The van der Waals surface area contributed by atoms with Crippen molar-refractivity contribution in [2.24, 2.45) is 0 Å². The fourth-order valence-corrected chi connectivity index (χ4v) is 1.82. The van der Waals surface area contributed by atoms with E-state index in [9.17, 15) is 10.1 Å². The van der Waals surface area contributed by atoms with E-state index >= 15 is 0 Å². The largest absolute Gasteiger partial charge is 0.269 e. The van der Waals surface area contributed by atoms with Gasteiger partial charge in [-0.3, -0.25) is 10.1 Å². The van der Waals surface area contributed by atoms with Gasteiger partial charge in [-0.05, 0) is 18.1 Å². The van der Waals surface area contributed by atoms with Crippen molar-refractivity contribution in [1.29, 1.82) is 0 Å². The Morgan fingerprint density at radius 3 is 2.39 bits per heavy atom. The minimum Gasteiger partial charge on any atom is -0.258 e. The first-order valence-corrected chi connectivity index (χ1v) is 5.75. The molecule has 18 heavy (non-hydrogen) atoms. The topological polar surface area (TPSA) is 68.9 Å². The number of halogens is 1. The van der Waals surface area contributed by atoms with Gasteiger partial charge in [0.2, 0.25) is 0 Å². The van der Waals surface area contributed by atoms with Crippen molar-refractivity contribution in [3.05, 3.63) is 64.2 Å². The minimum atomic E-state index is -0.428. The molecule has 0 spiro atoms. The fraction of sp³-hybridized carbons (Fsp3) is 0.167. The van der Waals surface area contributed by atoms with Gasteiger partial charge in [0.1, 0.15) is 5.82 Å². The van der Waals surface area contributed by atoms with Crippen LogP contribution in [0, 0.1) is 10.1 Å². The summed E-state index contributed by atoms with van der Waals surface area (Å²) in [5, 5.41) is 10.2. The Bertz CT molecular complexity index is 531. The lowest BCUT2D eigenvalue weighted by Gasteiger charge is -2.07. The van der Waals surface area contributed by atoms with E-state index in [4.69, 9.17) is 11.6 Å². The number of non-ortho nitro benzene ring substituents is 1. The van der Waals surface area contributed by atoms with E-state index in [1.807, 2.05) is 0 Å². The molecular weight excluding hydrogens is 254 g/mol. The van der Waals surface area contributed by atoms with Crippen LogP contribution >= 0.6 is 11.6 Å². The number of nitro benzene ring substituents is 1. The lowest BCUT2D eigenvalue weighted by atomic mass is 10.1. The molecule has 1 aromatic heterocycles. The van der Waals surface area contributed by atoms with Gasteiger partial charge in [-0.2, -0.15) is 0 Å². The summed E-state index contributed by atoms with van der Waals surface area (Å²) in [6, 6.07) is 8.03. The van der Waals surface area contributed by atoms with Crippen LogP contribution in [0.4, 0.5) is 5.69 Å². The number of benzene rings is 1. The first-order chi connectivity index (χ1) is 8.66. The van der Waals surface area contributed by atoms with Crippen molar-refractivity contribution in [2.75, 3.05) is 0 Å². The normalized spacial score (nSPS) is 12.1. The van der Waals surface area contributed by atoms with Crippen molar-refractivity contribution in [1.82, 2.24) is 9.97 Å². The summed E-state index contributed by atoms with van der Waals surface area (Å²) >= 11 is 6.18. The Morgan fingerprint density at radius 2 is 1.83 bits per heavy atom. The molecule has 0 saturated heterocycles. The molecular formula is C12H10ClN3O2. The van der Waals surface area contributed by atoms with E-state index in [1.165, 1.54) is 12.1 Å². The van der Waals surface area contributed by atoms with Gasteiger partial charge in [-0.1, -0.05) is 12.1 Å². The van der Waals surface area contributed by atoms with Gasteiger partial charge in [0.05, 0.1) is 10.3 Å². The summed E-state index contributed by atoms with van der Waals surface area (Å²) in [6.07, 6.45) is 3.80. The number of hydrogen-bond acceptors (Lipinski definition) is 4. The zero-order chi connectivity index (χ0) is 13.0. The average Bonchev–Trinajstić information content (AvgIpc) is 2.40. The first kappa shape index (κ1) is 12.4. The monoisotopic (exact) mass is 263 g/mol. The molecule has 2 aromatic rings. The Balaban J connectivity index is 2.08. The summed E-state index contributed by atoms with van der Waals surface area (Å²) < 4.78 is 0. The quantitative estimate of drug-likeness (QED) is 0.483. The van der Waals surface area contributed by atoms with E-state index in [1.54, 1.807) is 30.6 Å². The summed E-state index contributed by atoms with van der Waals surface area (Å²) in [5.74, 6) is 0.553. The molecule has 0 radical (unpaired) electrons. The average molecular weight is 264 g/mol. The second kappa shape index (κ2) is 5.55. The minimum absolute atomic E-state index is 0.0702. The number of hydrogen-bond donors (Lipinski definition) is 0. The maximum Gasteiger partial charge on any atom is 0.269 e. The van der Waals surface area contributed by atoms with Gasteiger partial charge in [-0.15, -0.1) is 11.6 Å². The first-order valence-electron chi connectivity index (χ1n) is 5.31. The molecule has 1 unspecified atom stereocenters. The third kappa shape index (κ3) is 3.01. The molecule has 0 saturated carbocycles.